The van der Waals surface area contributed by atoms with Crippen LogP contribution in [0.5, 0.6) is 0 Å². The number of nitrogens with one attached hydrogen (secondary N) is 1. The van der Waals surface area contributed by atoms with Crippen molar-refractivity contribution in [3.63, 3.8) is 0 Å². The van der Waals surface area contributed by atoms with Crippen LogP contribution >= 0.6 is 11.6 Å². The maximum atomic E-state index is 12.9. The number of benzene rings is 3. The van der Waals surface area contributed by atoms with Crippen LogP contribution in [0, 0.1) is 20.8 Å². The maximum Gasteiger partial charge on any atom is 0.295 e. The molecule has 3 aromatic carbocycles. The second-order valence-corrected chi connectivity index (χ2v) is 7.66. The van der Waals surface area contributed by atoms with Gasteiger partial charge >= 0.3 is 0 Å². The molecule has 30 heavy (non-hydrogen) atoms. The lowest BCUT2D eigenvalue weighted by Crippen LogP contribution is -2.14. The average Bonchev–Trinajstić information content (AvgIpc) is 3.16. The highest BCUT2D eigenvalue weighted by molar-refractivity contribution is 6.30. The van der Waals surface area contributed by atoms with Crippen LogP contribution in [-0.4, -0.2) is 20.7 Å². The Kier molecular flexibility index (Phi) is 5.38. The van der Waals surface area contributed by atoms with E-state index in [9.17, 15) is 4.79 Å². The molecular weight excluding hydrogens is 396 g/mol. The number of hydrogen-bond donors (Lipinski definition) is 1. The predicted molar refractivity (Wildman–Crippen MR) is 120 cm³/mol. The van der Waals surface area contributed by atoms with E-state index in [1.807, 2.05) is 75.4 Å². The number of hydrogen-bond acceptors (Lipinski definition) is 3. The van der Waals surface area contributed by atoms with Gasteiger partial charge in [0.2, 0.25) is 5.82 Å². The van der Waals surface area contributed by atoms with Crippen LogP contribution in [0.4, 0.5) is 5.69 Å². The monoisotopic (exact) mass is 416 g/mol. The first-order valence-corrected chi connectivity index (χ1v) is 9.98. The van der Waals surface area contributed by atoms with E-state index in [0.29, 0.717) is 16.5 Å². The Labute approximate surface area is 180 Å². The van der Waals surface area contributed by atoms with Gasteiger partial charge < -0.3 is 5.32 Å². The Bertz CT molecular complexity index is 1230. The van der Waals surface area contributed by atoms with E-state index in [4.69, 9.17) is 11.6 Å². The van der Waals surface area contributed by atoms with Gasteiger partial charge in [0.25, 0.3) is 5.91 Å². The first kappa shape index (κ1) is 19.9. The number of amides is 1. The van der Waals surface area contributed by atoms with Crippen LogP contribution in [0.2, 0.25) is 5.02 Å². The molecule has 1 N–H and O–H groups in total. The summed E-state index contributed by atoms with van der Waals surface area (Å²) in [6.45, 7) is 6.05. The normalized spacial score (nSPS) is 10.8. The summed E-state index contributed by atoms with van der Waals surface area (Å²) in [6.07, 6.45) is 0. The minimum Gasteiger partial charge on any atom is -0.319 e. The Morgan fingerprint density at radius 2 is 1.70 bits per heavy atom. The van der Waals surface area contributed by atoms with Gasteiger partial charge in [-0.05, 0) is 79.9 Å². The van der Waals surface area contributed by atoms with Gasteiger partial charge in [-0.15, -0.1) is 5.10 Å². The zero-order chi connectivity index (χ0) is 21.3. The molecule has 0 aliphatic rings. The van der Waals surface area contributed by atoms with Crippen LogP contribution in [-0.2, 0) is 0 Å². The number of halogens is 1. The van der Waals surface area contributed by atoms with Gasteiger partial charge in [-0.3, -0.25) is 4.79 Å². The molecule has 0 fully saturated rings. The number of rotatable bonds is 4. The molecule has 0 bridgehead atoms. The molecule has 1 aromatic heterocycles. The first-order chi connectivity index (χ1) is 14.4. The second-order valence-electron chi connectivity index (χ2n) is 7.22. The Balaban J connectivity index is 1.80. The molecule has 4 rings (SSSR count). The van der Waals surface area contributed by atoms with Crippen molar-refractivity contribution in [3.8, 4) is 17.1 Å². The molecule has 0 aliphatic heterocycles. The van der Waals surface area contributed by atoms with E-state index in [1.54, 1.807) is 16.8 Å². The average molecular weight is 417 g/mol. The SMILES string of the molecule is Cc1cccc(NC(=O)c2nc(-c3ccc(Cl)cc3)n(-c3cccc(C)c3C)n2)c1. The number of aryl methyl sites for hydroxylation is 2. The van der Waals surface area contributed by atoms with Crippen molar-refractivity contribution in [2.24, 2.45) is 0 Å². The van der Waals surface area contributed by atoms with Gasteiger partial charge in [0, 0.05) is 16.3 Å². The van der Waals surface area contributed by atoms with Gasteiger partial charge in [-0.2, -0.15) is 0 Å². The number of anilines is 1. The van der Waals surface area contributed by atoms with E-state index in [2.05, 4.69) is 15.4 Å². The van der Waals surface area contributed by atoms with Crippen LogP contribution in [0.3, 0.4) is 0 Å². The molecule has 4 aromatic rings. The van der Waals surface area contributed by atoms with Crippen LogP contribution in [0.25, 0.3) is 17.1 Å². The maximum absolute atomic E-state index is 12.9. The molecule has 0 aliphatic carbocycles. The van der Waals surface area contributed by atoms with E-state index < -0.39 is 0 Å². The van der Waals surface area contributed by atoms with Crippen LogP contribution < -0.4 is 5.32 Å². The van der Waals surface area contributed by atoms with Gasteiger partial charge in [-0.1, -0.05) is 35.9 Å². The minimum atomic E-state index is -0.361. The summed E-state index contributed by atoms with van der Waals surface area (Å²) in [5.74, 6) is 0.317. The summed E-state index contributed by atoms with van der Waals surface area (Å²) >= 11 is 6.05. The van der Waals surface area contributed by atoms with E-state index in [-0.39, 0.29) is 11.7 Å². The number of carbonyl (C=O) groups is 1. The summed E-state index contributed by atoms with van der Waals surface area (Å²) in [7, 11) is 0. The summed E-state index contributed by atoms with van der Waals surface area (Å²) in [4.78, 5) is 17.5. The molecular formula is C24H21ClN4O. The van der Waals surface area contributed by atoms with Crippen molar-refractivity contribution >= 4 is 23.2 Å². The highest BCUT2D eigenvalue weighted by Gasteiger charge is 2.20. The third-order valence-corrected chi connectivity index (χ3v) is 5.24. The summed E-state index contributed by atoms with van der Waals surface area (Å²) in [6, 6.07) is 20.9. The van der Waals surface area contributed by atoms with Gasteiger partial charge in [0.15, 0.2) is 5.82 Å². The third-order valence-electron chi connectivity index (χ3n) is 4.99. The van der Waals surface area contributed by atoms with E-state index in [1.165, 1.54) is 0 Å². The smallest absolute Gasteiger partial charge is 0.295 e. The molecule has 0 saturated carbocycles. The van der Waals surface area contributed by atoms with Crippen molar-refractivity contribution in [2.75, 3.05) is 5.32 Å². The molecule has 0 atom stereocenters. The summed E-state index contributed by atoms with van der Waals surface area (Å²) < 4.78 is 1.72. The highest BCUT2D eigenvalue weighted by atomic mass is 35.5. The van der Waals surface area contributed by atoms with Gasteiger partial charge in [0.1, 0.15) is 0 Å². The fourth-order valence-electron chi connectivity index (χ4n) is 3.24. The molecule has 0 spiro atoms. The molecule has 6 heteroatoms. The third kappa shape index (κ3) is 3.98. The Hall–Kier alpha value is -3.44. The molecule has 0 saturated heterocycles. The lowest BCUT2D eigenvalue weighted by atomic mass is 10.1. The largest absolute Gasteiger partial charge is 0.319 e. The van der Waals surface area contributed by atoms with Crippen molar-refractivity contribution in [1.82, 2.24) is 14.8 Å². The molecule has 5 nitrogen and oxygen atoms in total. The standard InChI is InChI=1S/C24H21ClN4O/c1-15-6-4-8-20(14-15)26-24(30)22-27-23(18-10-12-19(25)13-11-18)29(28-22)21-9-5-7-16(2)17(21)3/h4-14H,1-3H3,(H,26,30). The van der Waals surface area contributed by atoms with Crippen molar-refractivity contribution < 1.29 is 4.79 Å². The van der Waals surface area contributed by atoms with Gasteiger partial charge in [-0.25, -0.2) is 9.67 Å². The topological polar surface area (TPSA) is 59.8 Å². The quantitative estimate of drug-likeness (QED) is 0.459. The number of nitrogens with zero attached hydrogens (tertiary/aromatic N) is 3. The zero-order valence-electron chi connectivity index (χ0n) is 17.0. The molecule has 0 unspecified atom stereocenters. The molecule has 1 heterocycles. The van der Waals surface area contributed by atoms with Crippen molar-refractivity contribution in [1.29, 1.82) is 0 Å². The summed E-state index contributed by atoms with van der Waals surface area (Å²) in [5.41, 5.74) is 5.67. The minimum absolute atomic E-state index is 0.0994. The first-order valence-electron chi connectivity index (χ1n) is 9.60. The predicted octanol–water partition coefficient (Wildman–Crippen LogP) is 5.77. The van der Waals surface area contributed by atoms with Crippen molar-refractivity contribution in [2.45, 2.75) is 20.8 Å². The molecule has 1 amide bonds. The van der Waals surface area contributed by atoms with Crippen LogP contribution in [0.15, 0.2) is 66.7 Å². The number of carbonyl (C=O) groups excluding carboxylic acids is 1. The number of aromatic nitrogens is 3. The van der Waals surface area contributed by atoms with E-state index >= 15 is 0 Å². The zero-order valence-corrected chi connectivity index (χ0v) is 17.7. The lowest BCUT2D eigenvalue weighted by Gasteiger charge is -2.11. The van der Waals surface area contributed by atoms with E-state index in [0.717, 1.165) is 27.9 Å². The lowest BCUT2D eigenvalue weighted by molar-refractivity contribution is 0.101. The Morgan fingerprint density at radius 1 is 0.967 bits per heavy atom. The highest BCUT2D eigenvalue weighted by Crippen LogP contribution is 2.26. The molecule has 0 radical (unpaired) electrons. The molecule has 150 valence electrons. The fourth-order valence-corrected chi connectivity index (χ4v) is 3.36. The fraction of sp³-hybridized carbons (Fsp3) is 0.125. The van der Waals surface area contributed by atoms with Crippen LogP contribution in [0.1, 0.15) is 27.3 Å². The Morgan fingerprint density at radius 3 is 2.43 bits per heavy atom. The second kappa shape index (κ2) is 8.13. The summed E-state index contributed by atoms with van der Waals surface area (Å²) in [5, 5.41) is 8.07. The van der Waals surface area contributed by atoms with Crippen molar-refractivity contribution in [3.05, 3.63) is 94.3 Å². The van der Waals surface area contributed by atoms with Gasteiger partial charge in [0.05, 0.1) is 5.69 Å².